The molecule has 0 aliphatic carbocycles. The van der Waals surface area contributed by atoms with Gasteiger partial charge in [-0.25, -0.2) is 9.59 Å². The SMILES string of the molecule is C#CCOCC(COCC#C)(COC(=O)c1ccc(OCC(CC)CCCC)c(OCC(CC)CCCC)c1)COC(=O)c1ccc(OCC(CC)CCCC)c(OCC(CC)CCCC)c1. The van der Waals surface area contributed by atoms with Crippen LogP contribution in [0.3, 0.4) is 0 Å². The lowest BCUT2D eigenvalue weighted by molar-refractivity contribution is -0.0777. The monoisotopic (exact) mass is 933 g/mol. The van der Waals surface area contributed by atoms with Crippen LogP contribution in [0.5, 0.6) is 23.0 Å². The van der Waals surface area contributed by atoms with Crippen molar-refractivity contribution in [1.29, 1.82) is 0 Å². The van der Waals surface area contributed by atoms with Crippen molar-refractivity contribution in [2.75, 3.05) is 66.1 Å². The third-order valence-corrected chi connectivity index (χ3v) is 12.6. The van der Waals surface area contributed by atoms with Gasteiger partial charge in [0.1, 0.15) is 26.4 Å². The second kappa shape index (κ2) is 35.7. The zero-order chi connectivity index (χ0) is 49.1. The van der Waals surface area contributed by atoms with Crippen molar-refractivity contribution in [1.82, 2.24) is 0 Å². The zero-order valence-corrected chi connectivity index (χ0v) is 42.9. The van der Waals surface area contributed by atoms with E-state index in [0.29, 0.717) is 73.1 Å². The van der Waals surface area contributed by atoms with Gasteiger partial charge in [-0.2, -0.15) is 0 Å². The molecule has 0 N–H and O–H groups in total. The highest BCUT2D eigenvalue weighted by molar-refractivity contribution is 5.91. The number of carbonyl (C=O) groups excluding carboxylic acids is 2. The third-order valence-electron chi connectivity index (χ3n) is 12.6. The first-order valence-electron chi connectivity index (χ1n) is 25.8. The molecule has 376 valence electrons. The summed E-state index contributed by atoms with van der Waals surface area (Å²) in [7, 11) is 0. The topological polar surface area (TPSA) is 108 Å². The van der Waals surface area contributed by atoms with Crippen LogP contribution >= 0.6 is 0 Å². The van der Waals surface area contributed by atoms with E-state index in [1.165, 1.54) is 0 Å². The van der Waals surface area contributed by atoms with Crippen LogP contribution in [-0.2, 0) is 18.9 Å². The first-order chi connectivity index (χ1) is 32.6. The zero-order valence-electron chi connectivity index (χ0n) is 42.9. The number of terminal acetylenes is 2. The van der Waals surface area contributed by atoms with E-state index in [4.69, 9.17) is 50.7 Å². The number of esters is 2. The van der Waals surface area contributed by atoms with Crippen LogP contribution in [0.2, 0.25) is 0 Å². The van der Waals surface area contributed by atoms with Crippen molar-refractivity contribution in [3.05, 3.63) is 47.5 Å². The average Bonchev–Trinajstić information content (AvgIpc) is 3.35. The summed E-state index contributed by atoms with van der Waals surface area (Å²) in [6.07, 6.45) is 28.4. The van der Waals surface area contributed by atoms with Gasteiger partial charge in [0.25, 0.3) is 0 Å². The highest BCUT2D eigenvalue weighted by Crippen LogP contribution is 2.34. The van der Waals surface area contributed by atoms with Crippen LogP contribution in [-0.4, -0.2) is 78.0 Å². The molecule has 4 atom stereocenters. The Bertz CT molecular complexity index is 1600. The van der Waals surface area contributed by atoms with Crippen molar-refractivity contribution >= 4 is 11.9 Å². The standard InChI is InChI=1S/C57H88O10/c1-11-21-25-45(17-7)37-62-51-31-29-49(35-53(51)64-39-47(19-9)27-23-13-3)55(58)66-43-57(41-60-33-15-5,42-61-34-16-6)44-67-56(59)50-30-32-52(63-38-46(18-8)26-22-12-2)54(36-50)65-40-48(20-10)28-24-14-4/h5-6,29-32,35-36,45-48H,11-14,17-28,33-34,37-44H2,1-4,7-10H3. The van der Waals surface area contributed by atoms with Gasteiger partial charge in [-0.1, -0.05) is 144 Å². The summed E-state index contributed by atoms with van der Waals surface area (Å²) < 4.78 is 49.4. The van der Waals surface area contributed by atoms with E-state index < -0.39 is 17.4 Å². The fourth-order valence-electron chi connectivity index (χ4n) is 7.66. The number of hydrogen-bond donors (Lipinski definition) is 0. The third kappa shape index (κ3) is 23.0. The molecule has 2 rings (SSSR count). The van der Waals surface area contributed by atoms with E-state index in [-0.39, 0.29) is 50.8 Å². The number of rotatable bonds is 40. The van der Waals surface area contributed by atoms with E-state index in [1.54, 1.807) is 36.4 Å². The molecule has 0 radical (unpaired) electrons. The van der Waals surface area contributed by atoms with Crippen molar-refractivity contribution in [2.24, 2.45) is 29.1 Å². The number of carbonyl (C=O) groups is 2. The Balaban J connectivity index is 2.44. The molecule has 10 nitrogen and oxygen atoms in total. The number of benzene rings is 2. The van der Waals surface area contributed by atoms with Crippen molar-refractivity contribution < 1.29 is 47.5 Å². The molecular formula is C57H88O10. The molecule has 0 heterocycles. The van der Waals surface area contributed by atoms with Gasteiger partial charge < -0.3 is 37.9 Å². The Labute approximate surface area is 406 Å². The normalized spacial score (nSPS) is 13.1. The van der Waals surface area contributed by atoms with Gasteiger partial charge >= 0.3 is 11.9 Å². The molecule has 67 heavy (non-hydrogen) atoms. The predicted molar refractivity (Wildman–Crippen MR) is 270 cm³/mol. The van der Waals surface area contributed by atoms with E-state index in [0.717, 1.165) is 103 Å². The van der Waals surface area contributed by atoms with E-state index in [2.05, 4.69) is 67.2 Å². The van der Waals surface area contributed by atoms with Crippen LogP contribution in [0.1, 0.15) is 179 Å². The lowest BCUT2D eigenvalue weighted by atomic mass is 9.92. The summed E-state index contributed by atoms with van der Waals surface area (Å²) in [5.74, 6) is 7.51. The number of hydrogen-bond acceptors (Lipinski definition) is 10. The molecule has 0 amide bonds. The van der Waals surface area contributed by atoms with Crippen LogP contribution in [0, 0.1) is 53.8 Å². The Morgan fingerprint density at radius 2 is 0.791 bits per heavy atom. The Kier molecular flexibility index (Phi) is 31.3. The molecule has 0 saturated heterocycles. The highest BCUT2D eigenvalue weighted by Gasteiger charge is 2.36. The first kappa shape index (κ1) is 58.7. The van der Waals surface area contributed by atoms with Gasteiger partial charge in [-0.15, -0.1) is 12.8 Å². The van der Waals surface area contributed by atoms with E-state index in [9.17, 15) is 9.59 Å². The van der Waals surface area contributed by atoms with Crippen LogP contribution in [0.25, 0.3) is 0 Å². The highest BCUT2D eigenvalue weighted by atomic mass is 16.6. The minimum atomic E-state index is -1.17. The second-order valence-corrected chi connectivity index (χ2v) is 18.3. The van der Waals surface area contributed by atoms with E-state index >= 15 is 0 Å². The number of ether oxygens (including phenoxy) is 8. The summed E-state index contributed by atoms with van der Waals surface area (Å²) in [4.78, 5) is 27.9. The lowest BCUT2D eigenvalue weighted by Crippen LogP contribution is -2.43. The smallest absolute Gasteiger partial charge is 0.338 e. The molecule has 10 heteroatoms. The quantitative estimate of drug-likeness (QED) is 0.0364. The summed E-state index contributed by atoms with van der Waals surface area (Å²) in [6.45, 7) is 19.0. The maximum atomic E-state index is 14.0. The fraction of sp³-hybridized carbons (Fsp3) is 0.684. The number of unbranched alkanes of at least 4 members (excludes halogenated alkanes) is 4. The van der Waals surface area contributed by atoms with Gasteiger partial charge in [0.15, 0.2) is 23.0 Å². The van der Waals surface area contributed by atoms with Crippen molar-refractivity contribution in [3.63, 3.8) is 0 Å². The van der Waals surface area contributed by atoms with Gasteiger partial charge in [0, 0.05) is 0 Å². The van der Waals surface area contributed by atoms with E-state index in [1.807, 2.05) is 0 Å². The summed E-state index contributed by atoms with van der Waals surface area (Å²) in [6, 6.07) is 10.3. The van der Waals surface area contributed by atoms with Crippen LogP contribution in [0.4, 0.5) is 0 Å². The molecule has 0 saturated carbocycles. The first-order valence-corrected chi connectivity index (χ1v) is 25.8. The van der Waals surface area contributed by atoms with Crippen molar-refractivity contribution in [2.45, 2.75) is 158 Å². The largest absolute Gasteiger partial charge is 0.489 e. The maximum absolute atomic E-state index is 14.0. The molecule has 2 aromatic carbocycles. The Morgan fingerprint density at radius 3 is 1.07 bits per heavy atom. The Hall–Kier alpha value is -4.38. The summed E-state index contributed by atoms with van der Waals surface area (Å²) >= 11 is 0. The molecule has 0 aliphatic heterocycles. The van der Waals surface area contributed by atoms with Crippen LogP contribution in [0.15, 0.2) is 36.4 Å². The van der Waals surface area contributed by atoms with Gasteiger partial charge in [0.2, 0.25) is 0 Å². The minimum absolute atomic E-state index is 0.0220. The van der Waals surface area contributed by atoms with Crippen molar-refractivity contribution in [3.8, 4) is 47.7 Å². The van der Waals surface area contributed by atoms with Gasteiger partial charge in [-0.3, -0.25) is 0 Å². The van der Waals surface area contributed by atoms with Gasteiger partial charge in [0.05, 0.1) is 56.2 Å². The second-order valence-electron chi connectivity index (χ2n) is 18.3. The molecule has 0 bridgehead atoms. The average molecular weight is 933 g/mol. The molecule has 2 aromatic rings. The Morgan fingerprint density at radius 1 is 0.478 bits per heavy atom. The lowest BCUT2D eigenvalue weighted by Gasteiger charge is -2.32. The molecule has 0 fully saturated rings. The molecule has 0 aliphatic rings. The summed E-state index contributed by atoms with van der Waals surface area (Å²) in [5.41, 5.74) is -0.605. The minimum Gasteiger partial charge on any atom is -0.489 e. The predicted octanol–water partition coefficient (Wildman–Crippen LogP) is 13.4. The molecule has 0 spiro atoms. The van der Waals surface area contributed by atoms with Gasteiger partial charge in [-0.05, 0) is 85.8 Å². The maximum Gasteiger partial charge on any atom is 0.338 e. The molecular weight excluding hydrogens is 845 g/mol. The fourth-order valence-corrected chi connectivity index (χ4v) is 7.66. The summed E-state index contributed by atoms with van der Waals surface area (Å²) in [5, 5.41) is 0. The van der Waals surface area contributed by atoms with Crippen LogP contribution < -0.4 is 18.9 Å². The molecule has 4 unspecified atom stereocenters. The molecule has 0 aromatic heterocycles.